The summed E-state index contributed by atoms with van der Waals surface area (Å²) in [6.07, 6.45) is 21.1. The highest BCUT2D eigenvalue weighted by molar-refractivity contribution is 5.84. The van der Waals surface area contributed by atoms with E-state index in [0.29, 0.717) is 84.8 Å². The second kappa shape index (κ2) is 47.0. The number of rotatable bonds is 45. The zero-order chi connectivity index (χ0) is 46.3. The van der Waals surface area contributed by atoms with Gasteiger partial charge in [0.1, 0.15) is 25.0 Å². The number of carbonyl (C=O) groups is 7. The molecule has 362 valence electrons. The maximum atomic E-state index is 12.1. The number of hydrogen-bond donors (Lipinski definition) is 5. The monoisotopic (exact) mass is 888 g/mol. The molecule has 0 radical (unpaired) electrons. The third-order valence-corrected chi connectivity index (χ3v) is 9.75. The fraction of sp³-hybridized carbons (Fsp3) is 0.848. The van der Waals surface area contributed by atoms with Gasteiger partial charge in [-0.25, -0.2) is 4.79 Å². The summed E-state index contributed by atoms with van der Waals surface area (Å²) in [7, 11) is 0. The van der Waals surface area contributed by atoms with Crippen LogP contribution in [0.25, 0.3) is 0 Å². The van der Waals surface area contributed by atoms with Crippen molar-refractivity contribution in [2.45, 2.75) is 187 Å². The van der Waals surface area contributed by atoms with E-state index in [-0.39, 0.29) is 61.8 Å². The van der Waals surface area contributed by atoms with Gasteiger partial charge in [0.15, 0.2) is 5.78 Å². The van der Waals surface area contributed by atoms with E-state index in [9.17, 15) is 38.7 Å². The highest BCUT2D eigenvalue weighted by Gasteiger charge is 2.20. The van der Waals surface area contributed by atoms with Gasteiger partial charge in [-0.15, -0.1) is 0 Å². The molecular formula is C46H85N3O13. The molecular weight excluding hydrogens is 803 g/mol. The molecule has 0 saturated heterocycles. The number of carboxylic acid groups (broad SMARTS) is 2. The molecule has 62 heavy (non-hydrogen) atoms. The van der Waals surface area contributed by atoms with E-state index in [0.717, 1.165) is 64.2 Å². The molecule has 0 aromatic carbocycles. The number of ketones is 2. The normalized spacial score (nSPS) is 11.3. The summed E-state index contributed by atoms with van der Waals surface area (Å²) in [5.74, 6) is -2.08. The lowest BCUT2D eigenvalue weighted by Gasteiger charge is -2.14. The van der Waals surface area contributed by atoms with E-state index in [1.165, 1.54) is 44.9 Å². The van der Waals surface area contributed by atoms with Gasteiger partial charge in [0.05, 0.1) is 19.8 Å². The molecule has 0 fully saturated rings. The summed E-state index contributed by atoms with van der Waals surface area (Å²) < 4.78 is 20.7. The van der Waals surface area contributed by atoms with Crippen molar-refractivity contribution < 1.29 is 62.7 Å². The zero-order valence-corrected chi connectivity index (χ0v) is 38.7. The standard InChI is InChI=1S/C28H51NO7.C18H34N2O6/c1-2-36-23-17-18-24(30)21-22-25(28(34)35)29-26(31)19-15-13-11-9-7-5-3-4-6-8-10-12-14-16-20-27(32)33;1-3-17(22)19-9-7-5-6-8-16(21)14-26-13-12-25-11-10-20-18(23)15-24-4-2/h25H,2-23H2,1H3,(H,29,31)(H,32,33)(H,34,35);3-15H2,1-2H3,(H,19,22)(H,20,23)/t25-;/m0./s1. The maximum absolute atomic E-state index is 12.1. The van der Waals surface area contributed by atoms with Crippen molar-refractivity contribution in [3.63, 3.8) is 0 Å². The summed E-state index contributed by atoms with van der Waals surface area (Å²) in [6, 6.07) is -1.01. The molecule has 0 saturated carbocycles. The molecule has 16 heteroatoms. The van der Waals surface area contributed by atoms with E-state index in [1.807, 2.05) is 20.8 Å². The number of Topliss-reactive ketones (excluding diaryl/α,β-unsaturated/α-hetero) is 2. The summed E-state index contributed by atoms with van der Waals surface area (Å²) in [6.45, 7) is 9.57. The number of amides is 3. The van der Waals surface area contributed by atoms with Crippen molar-refractivity contribution in [3.05, 3.63) is 0 Å². The van der Waals surface area contributed by atoms with Crippen molar-refractivity contribution in [2.24, 2.45) is 0 Å². The van der Waals surface area contributed by atoms with Crippen LogP contribution in [-0.2, 0) is 52.5 Å². The lowest BCUT2D eigenvalue weighted by molar-refractivity contribution is -0.142. The Morgan fingerprint density at radius 3 is 1.52 bits per heavy atom. The van der Waals surface area contributed by atoms with Crippen LogP contribution < -0.4 is 16.0 Å². The molecule has 0 aliphatic heterocycles. The Kier molecular flexibility index (Phi) is 46.0. The molecule has 0 aliphatic carbocycles. The molecule has 5 N–H and O–H groups in total. The Balaban J connectivity index is 0. The largest absolute Gasteiger partial charge is 0.481 e. The Labute approximate surface area is 372 Å². The first kappa shape index (κ1) is 60.6. The molecule has 0 rings (SSSR count). The Bertz CT molecular complexity index is 1160. The molecule has 0 aromatic rings. The first-order chi connectivity index (χ1) is 30.0. The van der Waals surface area contributed by atoms with Crippen LogP contribution in [0.5, 0.6) is 0 Å². The SMILES string of the molecule is CCOCC(=O)NCCOCCOCC(=O)CCCCCNC(=O)CC.CCOCCCC(=O)CC[C@H](NC(=O)CCCCCCCCCCCCCCCCC(=O)O)C(=O)O. The molecule has 0 aliphatic rings. The predicted molar refractivity (Wildman–Crippen MR) is 239 cm³/mol. The third-order valence-electron chi connectivity index (χ3n) is 9.75. The number of unbranched alkanes of at least 4 members (excludes halogenated alkanes) is 15. The van der Waals surface area contributed by atoms with Gasteiger partial charge < -0.3 is 45.1 Å². The van der Waals surface area contributed by atoms with Gasteiger partial charge in [-0.05, 0) is 52.4 Å². The van der Waals surface area contributed by atoms with Crippen molar-refractivity contribution in [1.82, 2.24) is 16.0 Å². The fourth-order valence-corrected chi connectivity index (χ4v) is 6.12. The van der Waals surface area contributed by atoms with Crippen molar-refractivity contribution in [3.8, 4) is 0 Å². The van der Waals surface area contributed by atoms with E-state index >= 15 is 0 Å². The number of ether oxygens (including phenoxy) is 4. The van der Waals surface area contributed by atoms with Crippen LogP contribution in [0.15, 0.2) is 0 Å². The Morgan fingerprint density at radius 1 is 0.435 bits per heavy atom. The fourth-order valence-electron chi connectivity index (χ4n) is 6.12. The molecule has 16 nitrogen and oxygen atoms in total. The van der Waals surface area contributed by atoms with E-state index < -0.39 is 18.0 Å². The number of carbonyl (C=O) groups excluding carboxylic acids is 5. The second-order valence-electron chi connectivity index (χ2n) is 15.4. The zero-order valence-electron chi connectivity index (χ0n) is 38.7. The molecule has 0 heterocycles. The minimum Gasteiger partial charge on any atom is -0.481 e. The molecule has 0 bridgehead atoms. The van der Waals surface area contributed by atoms with Gasteiger partial charge in [0.2, 0.25) is 17.7 Å². The molecule has 0 unspecified atom stereocenters. The Morgan fingerprint density at radius 2 is 0.952 bits per heavy atom. The van der Waals surface area contributed by atoms with Gasteiger partial charge in [0.25, 0.3) is 0 Å². The third kappa shape index (κ3) is 47.6. The average Bonchev–Trinajstić information content (AvgIpc) is 3.24. The second-order valence-corrected chi connectivity index (χ2v) is 15.4. The van der Waals surface area contributed by atoms with Crippen LogP contribution in [0, 0.1) is 0 Å². The minimum absolute atomic E-state index is 0.000154. The highest BCUT2D eigenvalue weighted by Crippen LogP contribution is 2.14. The van der Waals surface area contributed by atoms with Gasteiger partial charge >= 0.3 is 11.9 Å². The van der Waals surface area contributed by atoms with Crippen LogP contribution in [0.3, 0.4) is 0 Å². The van der Waals surface area contributed by atoms with Crippen LogP contribution in [-0.4, -0.2) is 123 Å². The van der Waals surface area contributed by atoms with Crippen molar-refractivity contribution >= 4 is 41.2 Å². The lowest BCUT2D eigenvalue weighted by Crippen LogP contribution is -2.41. The van der Waals surface area contributed by atoms with E-state index in [1.54, 1.807) is 0 Å². The number of carboxylic acids is 2. The van der Waals surface area contributed by atoms with Gasteiger partial charge in [-0.2, -0.15) is 0 Å². The highest BCUT2D eigenvalue weighted by atomic mass is 16.5. The Hall–Kier alpha value is -3.47. The quantitative estimate of drug-likeness (QED) is 0.0393. The van der Waals surface area contributed by atoms with E-state index in [2.05, 4.69) is 16.0 Å². The van der Waals surface area contributed by atoms with Crippen LogP contribution in [0.4, 0.5) is 0 Å². The van der Waals surface area contributed by atoms with Crippen LogP contribution in [0.1, 0.15) is 181 Å². The summed E-state index contributed by atoms with van der Waals surface area (Å²) >= 11 is 0. The molecule has 0 spiro atoms. The van der Waals surface area contributed by atoms with Gasteiger partial charge in [0, 0.05) is 71.4 Å². The van der Waals surface area contributed by atoms with Crippen LogP contribution in [0.2, 0.25) is 0 Å². The van der Waals surface area contributed by atoms with Gasteiger partial charge in [-0.1, -0.05) is 90.4 Å². The summed E-state index contributed by atoms with van der Waals surface area (Å²) in [5.41, 5.74) is 0. The van der Waals surface area contributed by atoms with Gasteiger partial charge in [-0.3, -0.25) is 28.8 Å². The molecule has 0 aromatic heterocycles. The van der Waals surface area contributed by atoms with E-state index in [4.69, 9.17) is 24.1 Å². The topological polar surface area (TPSA) is 233 Å². The van der Waals surface area contributed by atoms with Crippen molar-refractivity contribution in [1.29, 1.82) is 0 Å². The number of hydrogen-bond acceptors (Lipinski definition) is 11. The smallest absolute Gasteiger partial charge is 0.326 e. The summed E-state index contributed by atoms with van der Waals surface area (Å²) in [4.78, 5) is 79.8. The minimum atomic E-state index is -1.10. The number of aliphatic carboxylic acids is 2. The first-order valence-electron chi connectivity index (χ1n) is 23.6. The molecule has 3 amide bonds. The average molecular weight is 888 g/mol. The number of nitrogens with one attached hydrogen (secondary N) is 3. The lowest BCUT2D eigenvalue weighted by atomic mass is 10.0. The first-order valence-corrected chi connectivity index (χ1v) is 23.6. The summed E-state index contributed by atoms with van der Waals surface area (Å²) in [5, 5.41) is 26.0. The van der Waals surface area contributed by atoms with Crippen molar-refractivity contribution in [2.75, 3.05) is 65.9 Å². The van der Waals surface area contributed by atoms with Crippen LogP contribution >= 0.6 is 0 Å². The predicted octanol–water partition coefficient (Wildman–Crippen LogP) is 6.88. The molecule has 1 atom stereocenters. The maximum Gasteiger partial charge on any atom is 0.326 e.